The van der Waals surface area contributed by atoms with E-state index in [-0.39, 0.29) is 18.9 Å². The number of nitrogens with two attached hydrogens (primary N) is 1. The second kappa shape index (κ2) is 8.07. The maximum Gasteiger partial charge on any atom is 0.410 e. The zero-order chi connectivity index (χ0) is 23.0. The SMILES string of the molecule is CC(C)(C)OC(=O)N1Cc2c(-c3ccncc3)c(-c3ccc(F)cc3)nn2[C@@H](C(N)=O)C1. The lowest BCUT2D eigenvalue weighted by Crippen LogP contribution is -2.47. The first-order chi connectivity index (χ1) is 15.1. The van der Waals surface area contributed by atoms with Crippen LogP contribution in [0.4, 0.5) is 9.18 Å². The molecule has 4 rings (SSSR count). The van der Waals surface area contributed by atoms with Gasteiger partial charge in [0.25, 0.3) is 0 Å². The Kier molecular flexibility index (Phi) is 5.41. The van der Waals surface area contributed by atoms with E-state index in [1.807, 2.05) is 12.1 Å². The third-order valence-electron chi connectivity index (χ3n) is 5.11. The van der Waals surface area contributed by atoms with Gasteiger partial charge in [-0.2, -0.15) is 5.10 Å². The number of pyridine rings is 1. The third-order valence-corrected chi connectivity index (χ3v) is 5.11. The van der Waals surface area contributed by atoms with Crippen LogP contribution in [0.15, 0.2) is 48.8 Å². The first-order valence-electron chi connectivity index (χ1n) is 10.2. The number of aromatic nitrogens is 3. The number of nitrogens with zero attached hydrogens (tertiary/aromatic N) is 4. The highest BCUT2D eigenvalue weighted by molar-refractivity contribution is 5.85. The molecule has 0 spiro atoms. The van der Waals surface area contributed by atoms with Gasteiger partial charge in [0.2, 0.25) is 5.91 Å². The lowest BCUT2D eigenvalue weighted by Gasteiger charge is -2.34. The van der Waals surface area contributed by atoms with Crippen molar-refractivity contribution in [1.29, 1.82) is 0 Å². The molecular weight excluding hydrogens is 413 g/mol. The quantitative estimate of drug-likeness (QED) is 0.675. The second-order valence-electron chi connectivity index (χ2n) is 8.64. The predicted octanol–water partition coefficient (Wildman–Crippen LogP) is 3.53. The predicted molar refractivity (Wildman–Crippen MR) is 116 cm³/mol. The zero-order valence-electron chi connectivity index (χ0n) is 18.1. The van der Waals surface area contributed by atoms with Crippen molar-refractivity contribution in [3.05, 3.63) is 60.3 Å². The number of carbonyl (C=O) groups excluding carboxylic acids is 2. The van der Waals surface area contributed by atoms with E-state index < -0.39 is 23.6 Å². The van der Waals surface area contributed by atoms with Crippen molar-refractivity contribution < 1.29 is 18.7 Å². The normalized spacial score (nSPS) is 15.9. The van der Waals surface area contributed by atoms with Crippen molar-refractivity contribution in [3.63, 3.8) is 0 Å². The first kappa shape index (κ1) is 21.5. The Balaban J connectivity index is 1.88. The molecule has 9 heteroatoms. The Hall–Kier alpha value is -3.75. The van der Waals surface area contributed by atoms with Gasteiger partial charge in [0.15, 0.2) is 0 Å². The molecule has 1 aromatic carbocycles. The average Bonchev–Trinajstić information content (AvgIpc) is 3.12. The number of carbonyl (C=O) groups is 2. The highest BCUT2D eigenvalue weighted by Crippen LogP contribution is 2.38. The van der Waals surface area contributed by atoms with Crippen molar-refractivity contribution in [1.82, 2.24) is 19.7 Å². The van der Waals surface area contributed by atoms with E-state index in [1.54, 1.807) is 50.0 Å². The molecule has 8 nitrogen and oxygen atoms in total. The number of amides is 2. The number of hydrogen-bond acceptors (Lipinski definition) is 5. The van der Waals surface area contributed by atoms with Crippen molar-refractivity contribution in [2.45, 2.75) is 39.0 Å². The summed E-state index contributed by atoms with van der Waals surface area (Å²) < 4.78 is 20.6. The third kappa shape index (κ3) is 4.18. The molecule has 3 heterocycles. The molecule has 0 fully saturated rings. The standard InChI is InChI=1S/C23H24FN5O3/c1-23(2,3)32-22(31)28-12-17-19(14-8-10-26-11-9-14)20(15-4-6-16(24)7-5-15)27-29(17)18(13-28)21(25)30/h4-11,18H,12-13H2,1-3H3,(H2,25,30)/t18-/m1/s1. The first-order valence-corrected chi connectivity index (χ1v) is 10.2. The number of hydrogen-bond donors (Lipinski definition) is 1. The maximum absolute atomic E-state index is 13.5. The highest BCUT2D eigenvalue weighted by atomic mass is 19.1. The minimum atomic E-state index is -0.874. The van der Waals surface area contributed by atoms with Gasteiger partial charge in [-0.15, -0.1) is 0 Å². The van der Waals surface area contributed by atoms with Gasteiger partial charge in [0.05, 0.1) is 18.8 Å². The van der Waals surface area contributed by atoms with Crippen molar-refractivity contribution in [2.75, 3.05) is 6.54 Å². The van der Waals surface area contributed by atoms with Crippen LogP contribution in [-0.2, 0) is 16.1 Å². The van der Waals surface area contributed by atoms with Gasteiger partial charge in [-0.3, -0.25) is 19.4 Å². The molecule has 166 valence electrons. The molecule has 0 aliphatic carbocycles. The van der Waals surface area contributed by atoms with Crippen molar-refractivity contribution in [3.8, 4) is 22.4 Å². The van der Waals surface area contributed by atoms with Crippen LogP contribution < -0.4 is 5.73 Å². The Morgan fingerprint density at radius 3 is 2.34 bits per heavy atom. The molecule has 1 aliphatic rings. The maximum atomic E-state index is 13.5. The second-order valence-corrected chi connectivity index (χ2v) is 8.64. The number of rotatable bonds is 3. The van der Waals surface area contributed by atoms with Gasteiger partial charge in [-0.25, -0.2) is 9.18 Å². The van der Waals surface area contributed by atoms with Gasteiger partial charge >= 0.3 is 6.09 Å². The van der Waals surface area contributed by atoms with Crippen LogP contribution in [-0.4, -0.2) is 43.8 Å². The Morgan fingerprint density at radius 2 is 1.75 bits per heavy atom. The molecule has 3 aromatic rings. The van der Waals surface area contributed by atoms with Gasteiger partial charge < -0.3 is 10.5 Å². The summed E-state index contributed by atoms with van der Waals surface area (Å²) in [5, 5.41) is 4.69. The summed E-state index contributed by atoms with van der Waals surface area (Å²) in [7, 11) is 0. The minimum absolute atomic E-state index is 0.0393. The van der Waals surface area contributed by atoms with Crippen molar-refractivity contribution >= 4 is 12.0 Å². The van der Waals surface area contributed by atoms with E-state index >= 15 is 0 Å². The van der Waals surface area contributed by atoms with Crippen LogP contribution >= 0.6 is 0 Å². The molecule has 2 amide bonds. The van der Waals surface area contributed by atoms with Gasteiger partial charge in [-0.1, -0.05) is 0 Å². The molecule has 32 heavy (non-hydrogen) atoms. The molecule has 0 unspecified atom stereocenters. The van der Waals surface area contributed by atoms with Crippen LogP contribution in [0.25, 0.3) is 22.4 Å². The summed E-state index contributed by atoms with van der Waals surface area (Å²) in [6, 6.07) is 8.71. The van der Waals surface area contributed by atoms with Crippen LogP contribution in [0, 0.1) is 5.82 Å². The van der Waals surface area contributed by atoms with E-state index in [2.05, 4.69) is 4.98 Å². The molecule has 0 saturated carbocycles. The smallest absolute Gasteiger partial charge is 0.410 e. The fourth-order valence-electron chi connectivity index (χ4n) is 3.72. The topological polar surface area (TPSA) is 103 Å². The summed E-state index contributed by atoms with van der Waals surface area (Å²) in [4.78, 5) is 30.7. The fraction of sp³-hybridized carbons (Fsp3) is 0.304. The van der Waals surface area contributed by atoms with Crippen LogP contribution in [0.1, 0.15) is 32.5 Å². The van der Waals surface area contributed by atoms with E-state index in [0.717, 1.165) is 11.1 Å². The number of primary amides is 1. The summed E-state index contributed by atoms with van der Waals surface area (Å²) >= 11 is 0. The Morgan fingerprint density at radius 1 is 1.09 bits per heavy atom. The number of benzene rings is 1. The molecule has 0 saturated heterocycles. The monoisotopic (exact) mass is 437 g/mol. The number of fused-ring (bicyclic) bond motifs is 1. The largest absolute Gasteiger partial charge is 0.444 e. The van der Waals surface area contributed by atoms with E-state index in [9.17, 15) is 14.0 Å². The lowest BCUT2D eigenvalue weighted by molar-refractivity contribution is -0.122. The molecule has 0 radical (unpaired) electrons. The van der Waals surface area contributed by atoms with Crippen molar-refractivity contribution in [2.24, 2.45) is 5.73 Å². The Bertz CT molecular complexity index is 1150. The fourth-order valence-corrected chi connectivity index (χ4v) is 3.72. The summed E-state index contributed by atoms with van der Waals surface area (Å²) in [6.45, 7) is 5.54. The lowest BCUT2D eigenvalue weighted by atomic mass is 9.98. The van der Waals surface area contributed by atoms with E-state index in [1.165, 1.54) is 17.0 Å². The molecular formula is C23H24FN5O3. The number of halogens is 1. The molecule has 1 atom stereocenters. The summed E-state index contributed by atoms with van der Waals surface area (Å²) in [5.41, 5.74) is 8.39. The summed E-state index contributed by atoms with van der Waals surface area (Å²) in [5.74, 6) is -0.983. The average molecular weight is 437 g/mol. The van der Waals surface area contributed by atoms with E-state index in [0.29, 0.717) is 17.0 Å². The van der Waals surface area contributed by atoms with Crippen LogP contribution in [0.5, 0.6) is 0 Å². The van der Waals surface area contributed by atoms with E-state index in [4.69, 9.17) is 15.6 Å². The van der Waals surface area contributed by atoms with Crippen LogP contribution in [0.2, 0.25) is 0 Å². The zero-order valence-corrected chi connectivity index (χ0v) is 18.1. The van der Waals surface area contributed by atoms with Gasteiger partial charge in [0, 0.05) is 23.5 Å². The summed E-state index contributed by atoms with van der Waals surface area (Å²) in [6.07, 6.45) is 2.75. The van der Waals surface area contributed by atoms with Crippen LogP contribution in [0.3, 0.4) is 0 Å². The molecule has 1 aliphatic heterocycles. The highest BCUT2D eigenvalue weighted by Gasteiger charge is 2.37. The van der Waals surface area contributed by atoms with Gasteiger partial charge in [0.1, 0.15) is 23.2 Å². The minimum Gasteiger partial charge on any atom is -0.444 e. The molecule has 2 N–H and O–H groups in total. The molecule has 2 aromatic heterocycles. The van der Waals surface area contributed by atoms with Gasteiger partial charge in [-0.05, 0) is 62.7 Å². The Labute approximate surface area is 184 Å². The molecule has 0 bridgehead atoms. The number of ether oxygens (including phenoxy) is 1.